The third-order valence-corrected chi connectivity index (χ3v) is 3.69. The Bertz CT molecular complexity index is 673. The molecule has 0 bridgehead atoms. The van der Waals surface area contributed by atoms with E-state index in [0.29, 0.717) is 0 Å². The van der Waals surface area contributed by atoms with E-state index in [4.69, 9.17) is 9.57 Å². The van der Waals surface area contributed by atoms with Gasteiger partial charge in [-0.25, -0.2) is 4.79 Å². The van der Waals surface area contributed by atoms with Crippen LogP contribution in [0.3, 0.4) is 0 Å². The van der Waals surface area contributed by atoms with Gasteiger partial charge in [0.2, 0.25) is 0 Å². The number of amides is 1. The number of carbonyl (C=O) groups is 2. The van der Waals surface area contributed by atoms with Crippen LogP contribution >= 0.6 is 0 Å². The maximum atomic E-state index is 12.7. The van der Waals surface area contributed by atoms with Crippen LogP contribution in [-0.2, 0) is 14.4 Å². The molecule has 1 amide bonds. The second-order valence-corrected chi connectivity index (χ2v) is 5.81. The van der Waals surface area contributed by atoms with Crippen molar-refractivity contribution in [2.24, 2.45) is 0 Å². The summed E-state index contributed by atoms with van der Waals surface area (Å²) in [6.07, 6.45) is -0.883. The van der Waals surface area contributed by atoms with Crippen LogP contribution in [0.25, 0.3) is 0 Å². The van der Waals surface area contributed by atoms with E-state index in [1.54, 1.807) is 13.8 Å². The lowest BCUT2D eigenvalue weighted by Gasteiger charge is -2.39. The molecule has 1 aliphatic heterocycles. The topological polar surface area (TPSA) is 55.8 Å². The summed E-state index contributed by atoms with van der Waals surface area (Å²) in [5, 5.41) is 1.11. The van der Waals surface area contributed by atoms with Crippen molar-refractivity contribution in [1.82, 2.24) is 5.06 Å². The van der Waals surface area contributed by atoms with E-state index in [9.17, 15) is 9.59 Å². The maximum Gasteiger partial charge on any atom is 0.534 e. The van der Waals surface area contributed by atoms with E-state index in [0.717, 1.165) is 16.2 Å². The minimum absolute atomic E-state index is 0.408. The van der Waals surface area contributed by atoms with Crippen molar-refractivity contribution in [2.75, 3.05) is 0 Å². The third-order valence-electron chi connectivity index (χ3n) is 3.69. The molecular weight excluding hydrogens is 294 g/mol. The first-order valence-corrected chi connectivity index (χ1v) is 7.33. The van der Waals surface area contributed by atoms with Crippen molar-refractivity contribution in [3.63, 3.8) is 0 Å². The predicted molar refractivity (Wildman–Crippen MR) is 83.2 cm³/mol. The molecule has 3 rings (SSSR count). The zero-order chi connectivity index (χ0) is 16.4. The second-order valence-electron chi connectivity index (χ2n) is 5.81. The molecule has 1 saturated heterocycles. The third kappa shape index (κ3) is 2.90. The highest BCUT2D eigenvalue weighted by atomic mass is 16.8. The molecule has 0 spiro atoms. The van der Waals surface area contributed by atoms with Gasteiger partial charge in [0.05, 0.1) is 0 Å². The molecule has 0 aromatic heterocycles. The Labute approximate surface area is 134 Å². The second kappa shape index (κ2) is 5.76. The summed E-state index contributed by atoms with van der Waals surface area (Å²) in [7, 11) is 0. The number of hydrogen-bond acceptors (Lipinski definition) is 4. The number of hydrogen-bond donors (Lipinski definition) is 0. The average Bonchev–Trinajstić information content (AvgIpc) is 2.54. The lowest BCUT2D eigenvalue weighted by atomic mass is 9.96. The molecule has 0 radical (unpaired) electrons. The van der Waals surface area contributed by atoms with Crippen molar-refractivity contribution in [3.05, 3.63) is 71.8 Å². The minimum atomic E-state index is -1.27. The first-order valence-electron chi connectivity index (χ1n) is 7.33. The van der Waals surface area contributed by atoms with Gasteiger partial charge in [-0.1, -0.05) is 60.7 Å². The van der Waals surface area contributed by atoms with Gasteiger partial charge in [-0.05, 0) is 25.0 Å². The lowest BCUT2D eigenvalue weighted by Crippen LogP contribution is -2.55. The summed E-state index contributed by atoms with van der Waals surface area (Å²) >= 11 is 0. The van der Waals surface area contributed by atoms with E-state index < -0.39 is 23.7 Å². The summed E-state index contributed by atoms with van der Waals surface area (Å²) in [4.78, 5) is 29.6. The van der Waals surface area contributed by atoms with E-state index in [2.05, 4.69) is 0 Å². The van der Waals surface area contributed by atoms with Crippen molar-refractivity contribution in [2.45, 2.75) is 25.5 Å². The predicted octanol–water partition coefficient (Wildman–Crippen LogP) is 3.47. The van der Waals surface area contributed by atoms with Gasteiger partial charge < -0.3 is 9.57 Å². The molecule has 5 nitrogen and oxygen atoms in total. The molecule has 0 saturated carbocycles. The summed E-state index contributed by atoms with van der Waals surface area (Å²) in [6.45, 7) is 3.10. The number of hydroxylamine groups is 2. The summed E-state index contributed by atoms with van der Waals surface area (Å²) in [5.41, 5.74) is 0.423. The van der Waals surface area contributed by atoms with Gasteiger partial charge in [0, 0.05) is 0 Å². The smallest absolute Gasteiger partial charge is 0.416 e. The van der Waals surface area contributed by atoms with Crippen molar-refractivity contribution in [3.8, 4) is 0 Å². The minimum Gasteiger partial charge on any atom is -0.416 e. The first kappa shape index (κ1) is 15.1. The van der Waals surface area contributed by atoms with Crippen molar-refractivity contribution >= 4 is 12.1 Å². The quantitative estimate of drug-likeness (QED) is 0.815. The van der Waals surface area contributed by atoms with E-state index in [1.807, 2.05) is 60.7 Å². The molecule has 0 atom stereocenters. The molecule has 0 N–H and O–H groups in total. The first-order chi connectivity index (χ1) is 11.0. The van der Waals surface area contributed by atoms with E-state index in [1.165, 1.54) is 0 Å². The van der Waals surface area contributed by atoms with Gasteiger partial charge in [-0.15, -0.1) is 0 Å². The van der Waals surface area contributed by atoms with Gasteiger partial charge in [0.15, 0.2) is 5.60 Å². The summed E-state index contributed by atoms with van der Waals surface area (Å²) < 4.78 is 4.99. The van der Waals surface area contributed by atoms with Gasteiger partial charge >= 0.3 is 6.16 Å². The van der Waals surface area contributed by atoms with Crippen molar-refractivity contribution < 1.29 is 19.2 Å². The van der Waals surface area contributed by atoms with Crippen LogP contribution < -0.4 is 0 Å². The molecular formula is C18H17NO4. The monoisotopic (exact) mass is 311 g/mol. The molecule has 2 aromatic rings. The Morgan fingerprint density at radius 2 is 1.35 bits per heavy atom. The number of ether oxygens (including phenoxy) is 1. The molecule has 1 heterocycles. The van der Waals surface area contributed by atoms with Crippen LogP contribution in [0.4, 0.5) is 4.79 Å². The van der Waals surface area contributed by atoms with Crippen LogP contribution in [0, 0.1) is 0 Å². The van der Waals surface area contributed by atoms with Gasteiger partial charge in [-0.3, -0.25) is 4.79 Å². The maximum absolute atomic E-state index is 12.7. The van der Waals surface area contributed by atoms with Crippen LogP contribution in [-0.4, -0.2) is 22.7 Å². The van der Waals surface area contributed by atoms with Crippen molar-refractivity contribution in [1.29, 1.82) is 0 Å². The molecule has 0 unspecified atom stereocenters. The van der Waals surface area contributed by atoms with Gasteiger partial charge in [0.1, 0.15) is 6.04 Å². The molecule has 23 heavy (non-hydrogen) atoms. The summed E-state index contributed by atoms with van der Waals surface area (Å²) in [5.74, 6) is -0.408. The number of cyclic esters (lactones) is 1. The lowest BCUT2D eigenvalue weighted by molar-refractivity contribution is -0.224. The van der Waals surface area contributed by atoms with E-state index >= 15 is 0 Å². The molecule has 1 fully saturated rings. The number of carbonyl (C=O) groups excluding carboxylic acids is 2. The fourth-order valence-electron chi connectivity index (χ4n) is 2.56. The standard InChI is InChI=1S/C18H17NO4/c1-18(2)16(20)19(23-17(21)22-18)15(13-9-5-3-6-10-13)14-11-7-4-8-12-14/h3-12,15H,1-2H3. The fraction of sp³-hybridized carbons (Fsp3) is 0.222. The molecule has 118 valence electrons. The fourth-order valence-corrected chi connectivity index (χ4v) is 2.56. The van der Waals surface area contributed by atoms with Crippen LogP contribution in [0.1, 0.15) is 31.0 Å². The Hall–Kier alpha value is -2.82. The van der Waals surface area contributed by atoms with Crippen LogP contribution in [0.15, 0.2) is 60.7 Å². The Kier molecular flexibility index (Phi) is 3.78. The Balaban J connectivity index is 2.09. The highest BCUT2D eigenvalue weighted by Crippen LogP contribution is 2.34. The number of rotatable bonds is 3. The highest BCUT2D eigenvalue weighted by molar-refractivity contribution is 5.89. The Morgan fingerprint density at radius 1 is 0.870 bits per heavy atom. The molecule has 0 aliphatic carbocycles. The number of benzene rings is 2. The van der Waals surface area contributed by atoms with Crippen LogP contribution in [0.2, 0.25) is 0 Å². The Morgan fingerprint density at radius 3 is 1.83 bits per heavy atom. The van der Waals surface area contributed by atoms with E-state index in [-0.39, 0.29) is 0 Å². The zero-order valence-corrected chi connectivity index (χ0v) is 12.9. The average molecular weight is 311 g/mol. The number of nitrogens with zero attached hydrogens (tertiary/aromatic N) is 1. The van der Waals surface area contributed by atoms with Crippen LogP contribution in [0.5, 0.6) is 0 Å². The van der Waals surface area contributed by atoms with Gasteiger partial charge in [0.25, 0.3) is 5.91 Å². The molecule has 1 aliphatic rings. The zero-order valence-electron chi connectivity index (χ0n) is 12.9. The molecule has 5 heteroatoms. The highest BCUT2D eigenvalue weighted by Gasteiger charge is 2.47. The summed E-state index contributed by atoms with van der Waals surface area (Å²) in [6, 6.07) is 18.3. The van der Waals surface area contributed by atoms with Gasteiger partial charge in [-0.2, -0.15) is 5.06 Å². The normalized spacial score (nSPS) is 16.9. The SMILES string of the molecule is CC1(C)OC(=O)ON(C(c2ccccc2)c2ccccc2)C1=O. The molecule has 2 aromatic carbocycles. The largest absolute Gasteiger partial charge is 0.534 e.